The number of ether oxygens (including phenoxy) is 1. The molecule has 0 aliphatic heterocycles. The van der Waals surface area contributed by atoms with Gasteiger partial charge in [-0.05, 0) is 37.1 Å². The monoisotopic (exact) mass is 335 g/mol. The highest BCUT2D eigenvalue weighted by Crippen LogP contribution is 2.28. The molecular formula is C14H22ClNO4S. The number of aliphatic hydroxyl groups excluding tert-OH is 1. The van der Waals surface area contributed by atoms with Gasteiger partial charge in [-0.3, -0.25) is 0 Å². The molecule has 120 valence electrons. The van der Waals surface area contributed by atoms with Gasteiger partial charge in [-0.2, -0.15) is 4.31 Å². The third kappa shape index (κ3) is 3.96. The average molecular weight is 336 g/mol. The molecule has 21 heavy (non-hydrogen) atoms. The Morgan fingerprint density at radius 1 is 1.43 bits per heavy atom. The molecule has 0 bridgehead atoms. The van der Waals surface area contributed by atoms with Crippen molar-refractivity contribution >= 4 is 21.6 Å². The number of hydrogen-bond donors (Lipinski definition) is 1. The molecule has 0 radical (unpaired) electrons. The van der Waals surface area contributed by atoms with Crippen LogP contribution in [0.15, 0.2) is 17.0 Å². The van der Waals surface area contributed by atoms with Crippen molar-refractivity contribution in [1.82, 2.24) is 4.31 Å². The van der Waals surface area contributed by atoms with Gasteiger partial charge in [0.25, 0.3) is 0 Å². The van der Waals surface area contributed by atoms with Gasteiger partial charge < -0.3 is 9.84 Å². The lowest BCUT2D eigenvalue weighted by molar-refractivity contribution is 0.142. The molecule has 1 N–H and O–H groups in total. The number of rotatable bonds is 7. The van der Waals surface area contributed by atoms with Crippen molar-refractivity contribution in [3.05, 3.63) is 28.3 Å². The van der Waals surface area contributed by atoms with E-state index in [1.165, 1.54) is 17.5 Å². The molecule has 1 aromatic rings. The summed E-state index contributed by atoms with van der Waals surface area (Å²) in [6.07, 6.45) is 0. The number of benzene rings is 1. The lowest BCUT2D eigenvalue weighted by Gasteiger charge is -2.27. The van der Waals surface area contributed by atoms with Crippen LogP contribution in [0.1, 0.15) is 25.0 Å². The van der Waals surface area contributed by atoms with Crippen LogP contribution in [0, 0.1) is 6.92 Å². The maximum Gasteiger partial charge on any atom is 0.243 e. The number of methoxy groups -OCH3 is 1. The number of hydrogen-bond acceptors (Lipinski definition) is 4. The van der Waals surface area contributed by atoms with E-state index in [-0.39, 0.29) is 17.5 Å². The Hall–Kier alpha value is -0.660. The first-order valence-electron chi connectivity index (χ1n) is 6.70. The molecule has 0 amide bonds. The van der Waals surface area contributed by atoms with E-state index in [1.54, 1.807) is 26.8 Å². The van der Waals surface area contributed by atoms with E-state index in [0.29, 0.717) is 29.3 Å². The van der Waals surface area contributed by atoms with Crippen LogP contribution in [-0.4, -0.2) is 44.1 Å². The van der Waals surface area contributed by atoms with Crippen molar-refractivity contribution in [2.24, 2.45) is 0 Å². The van der Waals surface area contributed by atoms with E-state index in [4.69, 9.17) is 16.3 Å². The standard InChI is InChI=1S/C14H22ClNO4S/c1-5-16(10(2)9-20-4)21(18,19)14-7-13(15)6-12(8-17)11(14)3/h6-7,10,17H,5,8-9H2,1-4H3. The SMILES string of the molecule is CCN(C(C)COC)S(=O)(=O)c1cc(Cl)cc(CO)c1C. The van der Waals surface area contributed by atoms with E-state index in [9.17, 15) is 13.5 Å². The highest BCUT2D eigenvalue weighted by atomic mass is 35.5. The lowest BCUT2D eigenvalue weighted by Crippen LogP contribution is -2.41. The van der Waals surface area contributed by atoms with E-state index < -0.39 is 10.0 Å². The minimum absolute atomic E-state index is 0.129. The zero-order chi connectivity index (χ0) is 16.2. The minimum atomic E-state index is -3.70. The van der Waals surface area contributed by atoms with Gasteiger partial charge in [0.05, 0.1) is 18.1 Å². The summed E-state index contributed by atoms with van der Waals surface area (Å²) in [4.78, 5) is 0.129. The molecule has 0 aromatic heterocycles. The molecule has 1 rings (SSSR count). The quantitative estimate of drug-likeness (QED) is 0.829. The summed E-state index contributed by atoms with van der Waals surface area (Å²) in [5.41, 5.74) is 1.03. The predicted molar refractivity (Wildman–Crippen MR) is 83.0 cm³/mol. The van der Waals surface area contributed by atoms with Crippen LogP contribution < -0.4 is 0 Å². The molecule has 0 heterocycles. The van der Waals surface area contributed by atoms with Crippen molar-refractivity contribution in [3.63, 3.8) is 0 Å². The fraction of sp³-hybridized carbons (Fsp3) is 0.571. The van der Waals surface area contributed by atoms with Crippen molar-refractivity contribution in [3.8, 4) is 0 Å². The summed E-state index contributed by atoms with van der Waals surface area (Å²) in [5, 5.41) is 9.63. The molecule has 7 heteroatoms. The Kier molecular flexibility index (Phi) is 6.62. The zero-order valence-corrected chi connectivity index (χ0v) is 14.3. The van der Waals surface area contributed by atoms with Crippen LogP contribution >= 0.6 is 11.6 Å². The van der Waals surface area contributed by atoms with Crippen LogP contribution in [0.5, 0.6) is 0 Å². The van der Waals surface area contributed by atoms with E-state index in [2.05, 4.69) is 0 Å². The average Bonchev–Trinajstić information content (AvgIpc) is 2.41. The largest absolute Gasteiger partial charge is 0.392 e. The molecule has 1 aromatic carbocycles. The molecular weight excluding hydrogens is 314 g/mol. The van der Waals surface area contributed by atoms with Gasteiger partial charge in [0.2, 0.25) is 10.0 Å². The molecule has 0 spiro atoms. The number of sulfonamides is 1. The summed E-state index contributed by atoms with van der Waals surface area (Å²) in [6, 6.07) is 2.71. The second-order valence-corrected chi connectivity index (χ2v) is 7.15. The van der Waals surface area contributed by atoms with Gasteiger partial charge in [-0.25, -0.2) is 8.42 Å². The topological polar surface area (TPSA) is 66.8 Å². The van der Waals surface area contributed by atoms with Crippen molar-refractivity contribution in [1.29, 1.82) is 0 Å². The Balaban J connectivity index is 3.39. The number of likely N-dealkylation sites (N-methyl/N-ethyl adjacent to an activating group) is 1. The molecule has 0 fully saturated rings. The third-order valence-corrected chi connectivity index (χ3v) is 5.83. The molecule has 0 aliphatic carbocycles. The van der Waals surface area contributed by atoms with E-state index >= 15 is 0 Å². The molecule has 0 saturated heterocycles. The van der Waals surface area contributed by atoms with Crippen molar-refractivity contribution in [2.75, 3.05) is 20.3 Å². The highest BCUT2D eigenvalue weighted by molar-refractivity contribution is 7.89. The fourth-order valence-corrected chi connectivity index (χ4v) is 4.54. The highest BCUT2D eigenvalue weighted by Gasteiger charge is 2.30. The first kappa shape index (κ1) is 18.4. The van der Waals surface area contributed by atoms with Gasteiger partial charge in [0.1, 0.15) is 0 Å². The summed E-state index contributed by atoms with van der Waals surface area (Å²) in [6.45, 7) is 5.61. The molecule has 0 aliphatic rings. The van der Waals surface area contributed by atoms with Gasteiger partial charge >= 0.3 is 0 Å². The Morgan fingerprint density at radius 3 is 2.52 bits per heavy atom. The molecule has 5 nitrogen and oxygen atoms in total. The Morgan fingerprint density at radius 2 is 2.05 bits per heavy atom. The second-order valence-electron chi connectivity index (χ2n) is 4.86. The van der Waals surface area contributed by atoms with Gasteiger partial charge in [-0.15, -0.1) is 0 Å². The van der Waals surface area contributed by atoms with Gasteiger partial charge in [0.15, 0.2) is 0 Å². The first-order valence-corrected chi connectivity index (χ1v) is 8.52. The number of halogens is 1. The lowest BCUT2D eigenvalue weighted by atomic mass is 10.1. The molecule has 1 atom stereocenters. The predicted octanol–water partition coefficient (Wildman–Crippen LogP) is 2.19. The Bertz CT molecular complexity index is 589. The second kappa shape index (κ2) is 7.56. The zero-order valence-electron chi connectivity index (χ0n) is 12.8. The minimum Gasteiger partial charge on any atom is -0.392 e. The fourth-order valence-electron chi connectivity index (χ4n) is 2.31. The van der Waals surface area contributed by atoms with Crippen LogP contribution in [0.3, 0.4) is 0 Å². The summed E-state index contributed by atoms with van der Waals surface area (Å²) < 4.78 is 32.1. The van der Waals surface area contributed by atoms with Crippen molar-refractivity contribution in [2.45, 2.75) is 38.3 Å². The first-order chi connectivity index (χ1) is 9.79. The summed E-state index contributed by atoms with van der Waals surface area (Å²) >= 11 is 5.98. The Labute approximate surface area is 131 Å². The molecule has 1 unspecified atom stereocenters. The van der Waals surface area contributed by atoms with E-state index in [1.807, 2.05) is 0 Å². The summed E-state index contributed by atoms with van der Waals surface area (Å²) in [7, 11) is -2.17. The van der Waals surface area contributed by atoms with Crippen LogP contribution in [0.4, 0.5) is 0 Å². The molecule has 0 saturated carbocycles. The van der Waals surface area contributed by atoms with Crippen molar-refractivity contribution < 1.29 is 18.3 Å². The number of aliphatic hydroxyl groups is 1. The maximum absolute atomic E-state index is 12.9. The van der Waals surface area contributed by atoms with Crippen LogP contribution in [-0.2, 0) is 21.4 Å². The maximum atomic E-state index is 12.9. The summed E-state index contributed by atoms with van der Waals surface area (Å²) in [5.74, 6) is 0. The van der Waals surface area contributed by atoms with Crippen LogP contribution in [0.25, 0.3) is 0 Å². The number of nitrogens with zero attached hydrogens (tertiary/aromatic N) is 1. The van der Waals surface area contributed by atoms with Gasteiger partial charge in [0, 0.05) is 24.7 Å². The van der Waals surface area contributed by atoms with E-state index in [0.717, 1.165) is 0 Å². The normalized spacial score (nSPS) is 13.7. The third-order valence-electron chi connectivity index (χ3n) is 3.40. The van der Waals surface area contributed by atoms with Crippen LogP contribution in [0.2, 0.25) is 5.02 Å². The van der Waals surface area contributed by atoms with Gasteiger partial charge in [-0.1, -0.05) is 18.5 Å². The smallest absolute Gasteiger partial charge is 0.243 e.